The average molecular weight is 321 g/mol. The Morgan fingerprint density at radius 1 is 1.12 bits per heavy atom. The third-order valence-electron chi connectivity index (χ3n) is 3.49. The first-order chi connectivity index (χ1) is 11.7. The Labute approximate surface area is 134 Å². The second kappa shape index (κ2) is 5.51. The second-order valence-electron chi connectivity index (χ2n) is 5.07. The number of hydrogen-bond donors (Lipinski definition) is 2. The summed E-state index contributed by atoms with van der Waals surface area (Å²) >= 11 is 0. The van der Waals surface area contributed by atoms with Crippen LogP contribution in [0.15, 0.2) is 63.8 Å². The monoisotopic (exact) mass is 321 g/mol. The van der Waals surface area contributed by atoms with Crippen LogP contribution in [0.25, 0.3) is 16.7 Å². The van der Waals surface area contributed by atoms with E-state index in [1.807, 2.05) is 18.2 Å². The van der Waals surface area contributed by atoms with Gasteiger partial charge in [-0.15, -0.1) is 0 Å². The Morgan fingerprint density at radius 3 is 2.62 bits per heavy atom. The lowest BCUT2D eigenvalue weighted by Gasteiger charge is -2.04. The molecule has 0 fully saturated rings. The van der Waals surface area contributed by atoms with E-state index < -0.39 is 5.69 Å². The maximum Gasteiger partial charge on any atom is 0.365 e. The summed E-state index contributed by atoms with van der Waals surface area (Å²) in [6.45, 7) is 0. The molecule has 0 aliphatic rings. The maximum atomic E-state index is 12.3. The molecule has 0 radical (unpaired) electrons. The van der Waals surface area contributed by atoms with Crippen molar-refractivity contribution < 1.29 is 9.21 Å². The molecule has 118 valence electrons. The van der Waals surface area contributed by atoms with Gasteiger partial charge in [-0.1, -0.05) is 18.2 Å². The van der Waals surface area contributed by atoms with Crippen molar-refractivity contribution in [1.29, 1.82) is 0 Å². The number of rotatable bonds is 3. The zero-order valence-electron chi connectivity index (χ0n) is 12.3. The number of para-hydroxylation sites is 1. The molecule has 0 spiro atoms. The Morgan fingerprint density at radius 2 is 1.92 bits per heavy atom. The van der Waals surface area contributed by atoms with Gasteiger partial charge in [-0.25, -0.2) is 9.89 Å². The molecule has 4 rings (SSSR count). The number of carbonyl (C=O) groups excluding carboxylic acids is 1. The lowest BCUT2D eigenvalue weighted by Crippen LogP contribution is -2.16. The molecule has 0 unspecified atom stereocenters. The summed E-state index contributed by atoms with van der Waals surface area (Å²) in [7, 11) is 0. The standard InChI is InChI=1S/C16H11N5O3/c22-15(14-9-10-3-1-2-4-13(10)24-14)17-11-5-7-12(8-6-11)21-16(23)18-19-20-21/h1-9H,(H,17,22)(H,18,20,23). The number of aromatic amines is 1. The highest BCUT2D eigenvalue weighted by atomic mass is 16.3. The van der Waals surface area contributed by atoms with Gasteiger partial charge in [0.2, 0.25) is 0 Å². The van der Waals surface area contributed by atoms with E-state index in [1.54, 1.807) is 36.4 Å². The Hall–Kier alpha value is -3.68. The third kappa shape index (κ3) is 2.45. The number of aromatic nitrogens is 4. The molecule has 0 aliphatic carbocycles. The van der Waals surface area contributed by atoms with Crippen LogP contribution in [0.1, 0.15) is 10.6 Å². The van der Waals surface area contributed by atoms with E-state index in [0.29, 0.717) is 17.0 Å². The summed E-state index contributed by atoms with van der Waals surface area (Å²) < 4.78 is 6.64. The molecule has 8 heteroatoms. The summed E-state index contributed by atoms with van der Waals surface area (Å²) in [5.74, 6) is -0.120. The molecule has 0 saturated heterocycles. The molecule has 2 aromatic carbocycles. The number of benzene rings is 2. The van der Waals surface area contributed by atoms with Crippen LogP contribution in [-0.4, -0.2) is 26.1 Å². The molecule has 8 nitrogen and oxygen atoms in total. The first-order valence-electron chi connectivity index (χ1n) is 7.11. The van der Waals surface area contributed by atoms with E-state index in [-0.39, 0.29) is 11.7 Å². The van der Waals surface area contributed by atoms with Gasteiger partial charge < -0.3 is 9.73 Å². The fraction of sp³-hybridized carbons (Fsp3) is 0. The van der Waals surface area contributed by atoms with E-state index in [1.165, 1.54) is 0 Å². The summed E-state index contributed by atoms with van der Waals surface area (Å²) in [5.41, 5.74) is 1.33. The van der Waals surface area contributed by atoms with Gasteiger partial charge in [0, 0.05) is 11.1 Å². The van der Waals surface area contributed by atoms with Crippen molar-refractivity contribution in [2.75, 3.05) is 5.32 Å². The lowest BCUT2D eigenvalue weighted by atomic mass is 10.2. The highest BCUT2D eigenvalue weighted by molar-refractivity contribution is 6.04. The zero-order valence-corrected chi connectivity index (χ0v) is 12.3. The molecule has 2 heterocycles. The van der Waals surface area contributed by atoms with Crippen molar-refractivity contribution in [2.24, 2.45) is 0 Å². The Kier molecular flexibility index (Phi) is 3.20. The predicted molar refractivity (Wildman–Crippen MR) is 86.1 cm³/mol. The maximum absolute atomic E-state index is 12.3. The quantitative estimate of drug-likeness (QED) is 0.600. The van der Waals surface area contributed by atoms with Crippen molar-refractivity contribution in [3.05, 3.63) is 70.8 Å². The number of hydrogen-bond acceptors (Lipinski definition) is 5. The van der Waals surface area contributed by atoms with Gasteiger partial charge in [-0.2, -0.15) is 4.68 Å². The minimum Gasteiger partial charge on any atom is -0.451 e. The van der Waals surface area contributed by atoms with Crippen molar-refractivity contribution in [2.45, 2.75) is 0 Å². The number of nitrogens with one attached hydrogen (secondary N) is 2. The SMILES string of the molecule is O=C(Nc1ccc(-n2nn[nH]c2=O)cc1)c1cc2ccccc2o1. The number of furan rings is 1. The number of fused-ring (bicyclic) bond motifs is 1. The number of amides is 1. The summed E-state index contributed by atoms with van der Waals surface area (Å²) in [6.07, 6.45) is 0. The van der Waals surface area contributed by atoms with Gasteiger partial charge in [-0.3, -0.25) is 4.79 Å². The molecule has 1 amide bonds. The zero-order chi connectivity index (χ0) is 16.5. The molecule has 0 atom stereocenters. The number of nitrogens with zero attached hydrogens (tertiary/aromatic N) is 3. The molecule has 0 aliphatic heterocycles. The highest BCUT2D eigenvalue weighted by Gasteiger charge is 2.12. The molecule has 2 aromatic heterocycles. The number of H-pyrrole nitrogens is 1. The summed E-state index contributed by atoms with van der Waals surface area (Å²) in [4.78, 5) is 23.7. The van der Waals surface area contributed by atoms with Crippen LogP contribution >= 0.6 is 0 Å². The van der Waals surface area contributed by atoms with Gasteiger partial charge in [0.15, 0.2) is 5.76 Å². The molecular formula is C16H11N5O3. The Bertz CT molecular complexity index is 1040. The molecular weight excluding hydrogens is 310 g/mol. The molecule has 0 bridgehead atoms. The van der Waals surface area contributed by atoms with Gasteiger partial charge in [0.1, 0.15) is 5.58 Å². The van der Waals surface area contributed by atoms with Crippen LogP contribution in [0, 0.1) is 0 Å². The first-order valence-corrected chi connectivity index (χ1v) is 7.11. The summed E-state index contributed by atoms with van der Waals surface area (Å²) in [6, 6.07) is 15.7. The van der Waals surface area contributed by atoms with Crippen LogP contribution in [0.2, 0.25) is 0 Å². The molecule has 0 saturated carbocycles. The van der Waals surface area contributed by atoms with E-state index in [9.17, 15) is 9.59 Å². The fourth-order valence-electron chi connectivity index (χ4n) is 2.34. The van der Waals surface area contributed by atoms with Crippen molar-refractivity contribution in [1.82, 2.24) is 20.2 Å². The van der Waals surface area contributed by atoms with E-state index >= 15 is 0 Å². The smallest absolute Gasteiger partial charge is 0.365 e. The van der Waals surface area contributed by atoms with Crippen molar-refractivity contribution >= 4 is 22.6 Å². The van der Waals surface area contributed by atoms with Crippen LogP contribution in [0.4, 0.5) is 5.69 Å². The number of tetrazole rings is 1. The molecule has 24 heavy (non-hydrogen) atoms. The van der Waals surface area contributed by atoms with Crippen LogP contribution < -0.4 is 11.0 Å². The van der Waals surface area contributed by atoms with Gasteiger partial charge in [-0.05, 0) is 46.8 Å². The van der Waals surface area contributed by atoms with Crippen molar-refractivity contribution in [3.63, 3.8) is 0 Å². The first kappa shape index (κ1) is 13.9. The van der Waals surface area contributed by atoms with Gasteiger partial charge >= 0.3 is 5.69 Å². The van der Waals surface area contributed by atoms with Crippen LogP contribution in [0.3, 0.4) is 0 Å². The van der Waals surface area contributed by atoms with E-state index in [4.69, 9.17) is 4.42 Å². The minimum atomic E-state index is -0.436. The lowest BCUT2D eigenvalue weighted by molar-refractivity contribution is 0.0998. The van der Waals surface area contributed by atoms with Crippen LogP contribution in [-0.2, 0) is 0 Å². The number of carbonyl (C=O) groups is 1. The van der Waals surface area contributed by atoms with Gasteiger partial charge in [0.25, 0.3) is 5.91 Å². The minimum absolute atomic E-state index is 0.230. The fourth-order valence-corrected chi connectivity index (χ4v) is 2.34. The predicted octanol–water partition coefficient (Wildman–Crippen LogP) is 1.95. The van der Waals surface area contributed by atoms with E-state index in [2.05, 4.69) is 20.8 Å². The van der Waals surface area contributed by atoms with Gasteiger partial charge in [0.05, 0.1) is 5.69 Å². The molecule has 4 aromatic rings. The van der Waals surface area contributed by atoms with Crippen molar-refractivity contribution in [3.8, 4) is 5.69 Å². The largest absolute Gasteiger partial charge is 0.451 e. The number of anilines is 1. The topological polar surface area (TPSA) is 106 Å². The van der Waals surface area contributed by atoms with E-state index in [0.717, 1.165) is 10.1 Å². The summed E-state index contributed by atoms with van der Waals surface area (Å²) in [5, 5.41) is 12.9. The normalized spacial score (nSPS) is 10.8. The Balaban J connectivity index is 1.55. The third-order valence-corrected chi connectivity index (χ3v) is 3.49. The molecule has 2 N–H and O–H groups in total. The second-order valence-corrected chi connectivity index (χ2v) is 5.07. The van der Waals surface area contributed by atoms with Crippen LogP contribution in [0.5, 0.6) is 0 Å². The highest BCUT2D eigenvalue weighted by Crippen LogP contribution is 2.20. The average Bonchev–Trinajstić information content (AvgIpc) is 3.21.